The predicted octanol–water partition coefficient (Wildman–Crippen LogP) is 9.78. The summed E-state index contributed by atoms with van der Waals surface area (Å²) >= 11 is 3.99. The van der Waals surface area contributed by atoms with E-state index < -0.39 is 5.41 Å². The zero-order chi connectivity index (χ0) is 36.8. The van der Waals surface area contributed by atoms with Crippen LogP contribution >= 0.6 is 23.1 Å². The van der Waals surface area contributed by atoms with E-state index in [1.165, 1.54) is 110 Å². The maximum atomic E-state index is 2.62. The first-order valence-electron chi connectivity index (χ1n) is 19.7. The Morgan fingerprint density at radius 3 is 2.23 bits per heavy atom. The molecule has 266 valence electrons. The molecule has 0 bridgehead atoms. The second-order valence-electron chi connectivity index (χ2n) is 15.4. The molecule has 0 atom stereocenters. The van der Waals surface area contributed by atoms with Crippen LogP contribution in [0.25, 0.3) is 21.2 Å². The average molecular weight is 817 g/mol. The van der Waals surface area contributed by atoms with E-state index in [-0.39, 0.29) is 21.7 Å². The topological polar surface area (TPSA) is 3.24 Å². The van der Waals surface area contributed by atoms with E-state index in [1.54, 1.807) is 4.91 Å². The fourth-order valence-electron chi connectivity index (χ4n) is 10.2. The molecule has 0 fully saturated rings. The van der Waals surface area contributed by atoms with Crippen molar-refractivity contribution in [2.45, 2.75) is 36.0 Å². The van der Waals surface area contributed by atoms with Crippen molar-refractivity contribution in [3.63, 3.8) is 0 Å². The molecular weight excluding hydrogens is 780 g/mol. The molecule has 7 aromatic carbocycles. The Labute approximate surface area is 343 Å². The third-order valence-corrected chi connectivity index (χ3v) is 17.1. The van der Waals surface area contributed by atoms with Gasteiger partial charge in [0, 0.05) is 0 Å². The third-order valence-electron chi connectivity index (χ3n) is 12.5. The zero-order valence-corrected chi connectivity index (χ0v) is 34.1. The number of hydrogen-bond acceptors (Lipinski definition) is 3. The van der Waals surface area contributed by atoms with Crippen LogP contribution in [0.1, 0.15) is 47.9 Å². The second kappa shape index (κ2) is 13.0. The molecule has 8 aromatic rings. The van der Waals surface area contributed by atoms with Crippen LogP contribution in [-0.4, -0.2) is 21.7 Å². The van der Waals surface area contributed by atoms with Gasteiger partial charge >= 0.3 is 346 Å². The molecule has 0 saturated heterocycles. The van der Waals surface area contributed by atoms with Gasteiger partial charge in [-0.05, 0) is 0 Å². The van der Waals surface area contributed by atoms with Gasteiger partial charge in [0.2, 0.25) is 0 Å². The van der Waals surface area contributed by atoms with Crippen molar-refractivity contribution in [3.8, 4) is 11.1 Å². The minimum absolute atomic E-state index is 0.134. The Bertz CT molecular complexity index is 2860. The summed E-state index contributed by atoms with van der Waals surface area (Å²) in [7, 11) is 0. The van der Waals surface area contributed by atoms with Crippen molar-refractivity contribution in [2.24, 2.45) is 0 Å². The normalized spacial score (nSPS) is 16.1. The molecule has 0 unspecified atom stereocenters. The number of benzene rings is 7. The maximum absolute atomic E-state index is 2.62. The van der Waals surface area contributed by atoms with Gasteiger partial charge in [-0.2, -0.15) is 0 Å². The van der Waals surface area contributed by atoms with E-state index >= 15 is 0 Å². The van der Waals surface area contributed by atoms with Crippen molar-refractivity contribution in [1.82, 2.24) is 0 Å². The van der Waals surface area contributed by atoms with Gasteiger partial charge in [-0.1, -0.05) is 0 Å². The molecule has 1 aromatic heterocycles. The standard InChI is InChI=1S/C51H36BNS2Se/c1-3-14-34(15-4-1)51(35-16-5-2-6-17-35)39-28-26-33(38-32-54-45-22-10-7-18-37(38)45)30-42(39)52-41-29-27-36(31-49(41)56-48-25-13-19-40(51)50(48)52)53-43-20-8-11-23-46(43)55-47-24-12-9-21-44(47)53/h1-8,10-11,13-20,22-23,25-32H,9,12,21,24H2. The van der Waals surface area contributed by atoms with E-state index in [4.69, 9.17) is 0 Å². The Kier molecular flexibility index (Phi) is 7.70. The first-order chi connectivity index (χ1) is 27.8. The molecule has 0 amide bonds. The van der Waals surface area contributed by atoms with Crippen molar-refractivity contribution in [2.75, 3.05) is 4.90 Å². The van der Waals surface area contributed by atoms with E-state index in [1.807, 2.05) is 23.1 Å². The monoisotopic (exact) mass is 817 g/mol. The van der Waals surface area contributed by atoms with Gasteiger partial charge in [0.05, 0.1) is 0 Å². The number of thioether (sulfide) groups is 1. The van der Waals surface area contributed by atoms with Crippen LogP contribution in [0.15, 0.2) is 185 Å². The summed E-state index contributed by atoms with van der Waals surface area (Å²) in [5.74, 6) is 0. The molecule has 56 heavy (non-hydrogen) atoms. The summed E-state index contributed by atoms with van der Waals surface area (Å²) in [6.45, 7) is 0.134. The number of allylic oxidation sites excluding steroid dienone is 2. The van der Waals surface area contributed by atoms with E-state index in [0.29, 0.717) is 0 Å². The van der Waals surface area contributed by atoms with Crippen LogP contribution in [0.2, 0.25) is 0 Å². The number of anilines is 2. The quantitative estimate of drug-likeness (QED) is 0.163. The molecule has 3 aliphatic heterocycles. The fourth-order valence-corrected chi connectivity index (χ4v) is 14.9. The molecular formula is C51H36BNS2Se. The first-order valence-corrected chi connectivity index (χ1v) is 23.1. The van der Waals surface area contributed by atoms with Gasteiger partial charge in [0.15, 0.2) is 0 Å². The Morgan fingerprint density at radius 1 is 0.607 bits per heavy atom. The molecule has 0 N–H and O–H groups in total. The summed E-state index contributed by atoms with van der Waals surface area (Å²) in [4.78, 5) is 5.55. The minimum atomic E-state index is -0.457. The van der Waals surface area contributed by atoms with Gasteiger partial charge < -0.3 is 0 Å². The molecule has 5 heteroatoms. The molecule has 4 aliphatic rings. The van der Waals surface area contributed by atoms with Gasteiger partial charge in [0.25, 0.3) is 0 Å². The summed E-state index contributed by atoms with van der Waals surface area (Å²) in [5, 5.41) is 3.70. The number of thiophene rings is 1. The van der Waals surface area contributed by atoms with Crippen molar-refractivity contribution in [3.05, 3.63) is 202 Å². The molecule has 4 heterocycles. The number of fused-ring (bicyclic) bond motifs is 6. The second-order valence-corrected chi connectivity index (χ2v) is 19.7. The molecule has 1 nitrogen and oxygen atoms in total. The fraction of sp³-hybridized carbons (Fsp3) is 0.0980. The van der Waals surface area contributed by atoms with Crippen LogP contribution in [0, 0.1) is 0 Å². The van der Waals surface area contributed by atoms with Crippen molar-refractivity contribution >= 4 is 91.5 Å². The Hall–Kier alpha value is -5.03. The zero-order valence-electron chi connectivity index (χ0n) is 30.7. The SMILES string of the molecule is c1ccc(C2(c3ccccc3)c3ccc(-c4csc5ccccc45)cc3B3c4ccc(N5C6=C(CCCC6)Sc6ccccc65)cc4[Se]c4cccc2c43)cc1. The molecule has 12 rings (SSSR count). The summed E-state index contributed by atoms with van der Waals surface area (Å²) in [5.41, 5.74) is 16.2. The number of nitrogens with zero attached hydrogens (tertiary/aromatic N) is 1. The van der Waals surface area contributed by atoms with E-state index in [0.717, 1.165) is 6.42 Å². The Morgan fingerprint density at radius 2 is 1.38 bits per heavy atom. The van der Waals surface area contributed by atoms with Crippen LogP contribution < -0.4 is 30.2 Å². The molecule has 0 spiro atoms. The number of rotatable bonds is 4. The van der Waals surface area contributed by atoms with Crippen LogP contribution in [-0.2, 0) is 5.41 Å². The summed E-state index contributed by atoms with van der Waals surface area (Å²) in [6.07, 6.45) is 4.86. The van der Waals surface area contributed by atoms with E-state index in [2.05, 4.69) is 174 Å². The van der Waals surface area contributed by atoms with Crippen LogP contribution in [0.5, 0.6) is 0 Å². The number of para-hydroxylation sites is 1. The summed E-state index contributed by atoms with van der Waals surface area (Å²) < 4.78 is 4.34. The van der Waals surface area contributed by atoms with Crippen LogP contribution in [0.3, 0.4) is 0 Å². The van der Waals surface area contributed by atoms with Gasteiger partial charge in [-0.3, -0.25) is 0 Å². The van der Waals surface area contributed by atoms with Crippen molar-refractivity contribution in [1.29, 1.82) is 0 Å². The summed E-state index contributed by atoms with van der Waals surface area (Å²) in [6, 6.07) is 62.8. The van der Waals surface area contributed by atoms with Gasteiger partial charge in [-0.15, -0.1) is 0 Å². The molecule has 0 saturated carbocycles. The van der Waals surface area contributed by atoms with Gasteiger partial charge in [-0.25, -0.2) is 0 Å². The first kappa shape index (κ1) is 33.1. The molecule has 0 radical (unpaired) electrons. The molecule has 1 aliphatic carbocycles. The average Bonchev–Trinajstić information content (AvgIpc) is 3.70. The predicted molar refractivity (Wildman–Crippen MR) is 242 cm³/mol. The Balaban J connectivity index is 1.12. The number of hydrogen-bond donors (Lipinski definition) is 0. The van der Waals surface area contributed by atoms with Gasteiger partial charge in [0.1, 0.15) is 0 Å². The van der Waals surface area contributed by atoms with Crippen molar-refractivity contribution < 1.29 is 0 Å². The third kappa shape index (κ3) is 4.82. The van der Waals surface area contributed by atoms with Crippen LogP contribution in [0.4, 0.5) is 11.4 Å². The van der Waals surface area contributed by atoms with E-state index in [9.17, 15) is 0 Å².